The van der Waals surface area contributed by atoms with E-state index in [4.69, 9.17) is 16.3 Å². The highest BCUT2D eigenvalue weighted by molar-refractivity contribution is 6.30. The number of rotatable bonds is 8. The van der Waals surface area contributed by atoms with Crippen LogP contribution in [0, 0.1) is 6.92 Å². The van der Waals surface area contributed by atoms with E-state index in [1.54, 1.807) is 0 Å². The molecule has 0 atom stereocenters. The van der Waals surface area contributed by atoms with E-state index in [-0.39, 0.29) is 0 Å². The van der Waals surface area contributed by atoms with Gasteiger partial charge in [0.2, 0.25) is 0 Å². The Labute approximate surface area is 159 Å². The highest BCUT2D eigenvalue weighted by atomic mass is 35.5. The molecule has 2 aromatic rings. The number of morpholine rings is 1. The molecule has 1 fully saturated rings. The SMILES string of the molecule is Cc1nc(NCCc2cccc(Cl)c2)cc(NCCN2CCOCC2)n1. The molecular weight excluding hydrogens is 350 g/mol. The van der Waals surface area contributed by atoms with E-state index >= 15 is 0 Å². The maximum Gasteiger partial charge on any atom is 0.131 e. The lowest BCUT2D eigenvalue weighted by molar-refractivity contribution is 0.0398. The largest absolute Gasteiger partial charge is 0.379 e. The second-order valence-electron chi connectivity index (χ2n) is 6.37. The van der Waals surface area contributed by atoms with E-state index in [2.05, 4.69) is 31.6 Å². The molecule has 2 heterocycles. The molecule has 0 bridgehead atoms. The Balaban J connectivity index is 1.47. The smallest absolute Gasteiger partial charge is 0.131 e. The molecule has 0 amide bonds. The Kier molecular flexibility index (Phi) is 7.05. The molecule has 1 aromatic heterocycles. The minimum atomic E-state index is 0.756. The van der Waals surface area contributed by atoms with Crippen molar-refractivity contribution in [3.63, 3.8) is 0 Å². The van der Waals surface area contributed by atoms with Crippen LogP contribution in [0.25, 0.3) is 0 Å². The molecule has 0 aliphatic carbocycles. The van der Waals surface area contributed by atoms with Gasteiger partial charge in [-0.1, -0.05) is 23.7 Å². The fourth-order valence-electron chi connectivity index (χ4n) is 2.94. The van der Waals surface area contributed by atoms with Crippen molar-refractivity contribution in [1.82, 2.24) is 14.9 Å². The van der Waals surface area contributed by atoms with Gasteiger partial charge in [-0.25, -0.2) is 9.97 Å². The van der Waals surface area contributed by atoms with Crippen LogP contribution in [0.3, 0.4) is 0 Å². The first-order valence-corrected chi connectivity index (χ1v) is 9.45. The lowest BCUT2D eigenvalue weighted by Gasteiger charge is -2.26. The summed E-state index contributed by atoms with van der Waals surface area (Å²) >= 11 is 6.03. The Hall–Kier alpha value is -1.89. The van der Waals surface area contributed by atoms with Crippen LogP contribution in [0.5, 0.6) is 0 Å². The van der Waals surface area contributed by atoms with Gasteiger partial charge in [0.25, 0.3) is 0 Å². The minimum absolute atomic E-state index is 0.756. The van der Waals surface area contributed by atoms with Gasteiger partial charge >= 0.3 is 0 Å². The summed E-state index contributed by atoms with van der Waals surface area (Å²) in [5.41, 5.74) is 1.21. The van der Waals surface area contributed by atoms with E-state index in [1.165, 1.54) is 5.56 Å². The fraction of sp³-hybridized carbons (Fsp3) is 0.474. The number of hydrogen-bond acceptors (Lipinski definition) is 6. The normalized spacial score (nSPS) is 15.0. The Morgan fingerprint density at radius 1 is 1.08 bits per heavy atom. The molecule has 0 unspecified atom stereocenters. The van der Waals surface area contributed by atoms with E-state index in [1.807, 2.05) is 31.2 Å². The first kappa shape index (κ1) is 18.9. The van der Waals surface area contributed by atoms with Crippen molar-refractivity contribution in [3.05, 3.63) is 46.7 Å². The van der Waals surface area contributed by atoms with Crippen molar-refractivity contribution in [2.45, 2.75) is 13.3 Å². The summed E-state index contributed by atoms with van der Waals surface area (Å²) < 4.78 is 5.37. The van der Waals surface area contributed by atoms with Gasteiger partial charge in [-0.05, 0) is 31.0 Å². The van der Waals surface area contributed by atoms with Crippen LogP contribution in [0.4, 0.5) is 11.6 Å². The number of aromatic nitrogens is 2. The molecule has 6 nitrogen and oxygen atoms in total. The first-order valence-electron chi connectivity index (χ1n) is 9.07. The second kappa shape index (κ2) is 9.71. The molecule has 1 aliphatic rings. The topological polar surface area (TPSA) is 62.3 Å². The molecule has 3 rings (SSSR count). The van der Waals surface area contributed by atoms with Crippen LogP contribution in [-0.4, -0.2) is 60.8 Å². The zero-order valence-corrected chi connectivity index (χ0v) is 15.9. The summed E-state index contributed by atoms with van der Waals surface area (Å²) in [4.78, 5) is 11.3. The number of aryl methyl sites for hydroxylation is 1. The number of halogens is 1. The summed E-state index contributed by atoms with van der Waals surface area (Å²) in [6, 6.07) is 9.90. The lowest BCUT2D eigenvalue weighted by Crippen LogP contribution is -2.39. The monoisotopic (exact) mass is 375 g/mol. The summed E-state index contributed by atoms with van der Waals surface area (Å²) in [6.45, 7) is 8.21. The van der Waals surface area contributed by atoms with Crippen LogP contribution < -0.4 is 10.6 Å². The zero-order valence-electron chi connectivity index (χ0n) is 15.2. The van der Waals surface area contributed by atoms with Crippen LogP contribution >= 0.6 is 11.6 Å². The Morgan fingerprint density at radius 2 is 1.81 bits per heavy atom. The van der Waals surface area contributed by atoms with Crippen LogP contribution in [0.2, 0.25) is 5.02 Å². The molecule has 7 heteroatoms. The summed E-state index contributed by atoms with van der Waals surface area (Å²) in [5, 5.41) is 7.54. The molecule has 26 heavy (non-hydrogen) atoms. The minimum Gasteiger partial charge on any atom is -0.379 e. The Bertz CT molecular complexity index is 706. The maximum atomic E-state index is 6.03. The average Bonchev–Trinajstić information content (AvgIpc) is 2.62. The molecule has 0 saturated carbocycles. The van der Waals surface area contributed by atoms with E-state index < -0.39 is 0 Å². The third-order valence-electron chi connectivity index (χ3n) is 4.28. The van der Waals surface area contributed by atoms with Crippen molar-refractivity contribution in [2.75, 3.05) is 56.6 Å². The third-order valence-corrected chi connectivity index (χ3v) is 4.52. The number of benzene rings is 1. The molecule has 2 N–H and O–H groups in total. The molecule has 0 spiro atoms. The number of nitrogens with zero attached hydrogens (tertiary/aromatic N) is 3. The van der Waals surface area contributed by atoms with Crippen molar-refractivity contribution in [1.29, 1.82) is 0 Å². The lowest BCUT2D eigenvalue weighted by atomic mass is 10.1. The molecule has 1 aromatic carbocycles. The zero-order chi connectivity index (χ0) is 18.2. The van der Waals surface area contributed by atoms with E-state index in [9.17, 15) is 0 Å². The van der Waals surface area contributed by atoms with Crippen molar-refractivity contribution < 1.29 is 4.74 Å². The van der Waals surface area contributed by atoms with Crippen molar-refractivity contribution in [2.24, 2.45) is 0 Å². The van der Waals surface area contributed by atoms with Crippen LogP contribution in [-0.2, 0) is 11.2 Å². The number of ether oxygens (including phenoxy) is 1. The first-order chi connectivity index (χ1) is 12.7. The van der Waals surface area contributed by atoms with Crippen LogP contribution in [0.15, 0.2) is 30.3 Å². The molecular formula is C19H26ClN5O. The summed E-state index contributed by atoms with van der Waals surface area (Å²) in [6.07, 6.45) is 0.892. The van der Waals surface area contributed by atoms with Gasteiger partial charge in [-0.3, -0.25) is 4.90 Å². The number of hydrogen-bond donors (Lipinski definition) is 2. The van der Waals surface area contributed by atoms with E-state index in [0.717, 1.165) is 74.8 Å². The van der Waals surface area contributed by atoms with Gasteiger partial charge in [-0.2, -0.15) is 0 Å². The average molecular weight is 376 g/mol. The highest BCUT2D eigenvalue weighted by Gasteiger charge is 2.09. The van der Waals surface area contributed by atoms with Gasteiger partial charge in [-0.15, -0.1) is 0 Å². The van der Waals surface area contributed by atoms with Crippen molar-refractivity contribution in [3.8, 4) is 0 Å². The Morgan fingerprint density at radius 3 is 2.54 bits per heavy atom. The van der Waals surface area contributed by atoms with Gasteiger partial charge in [0.15, 0.2) is 0 Å². The van der Waals surface area contributed by atoms with Gasteiger partial charge in [0, 0.05) is 43.8 Å². The van der Waals surface area contributed by atoms with Crippen molar-refractivity contribution >= 4 is 23.2 Å². The van der Waals surface area contributed by atoms with Gasteiger partial charge in [0.05, 0.1) is 13.2 Å². The second-order valence-corrected chi connectivity index (χ2v) is 6.81. The number of nitrogens with one attached hydrogen (secondary N) is 2. The predicted molar refractivity (Wildman–Crippen MR) is 106 cm³/mol. The summed E-state index contributed by atoms with van der Waals surface area (Å²) in [5.74, 6) is 2.45. The standard InChI is InChI=1S/C19H26ClN5O/c1-15-23-18(21-6-5-16-3-2-4-17(20)13-16)14-19(24-15)22-7-8-25-9-11-26-12-10-25/h2-4,13-14H,5-12H2,1H3,(H2,21,22,23,24). The maximum absolute atomic E-state index is 6.03. The quantitative estimate of drug-likeness (QED) is 0.739. The molecule has 1 aliphatic heterocycles. The molecule has 0 radical (unpaired) electrons. The number of anilines is 2. The van der Waals surface area contributed by atoms with E-state index in [0.29, 0.717) is 0 Å². The predicted octanol–water partition coefficient (Wildman–Crippen LogP) is 2.84. The highest BCUT2D eigenvalue weighted by Crippen LogP contribution is 2.13. The van der Waals surface area contributed by atoms with Gasteiger partial charge < -0.3 is 15.4 Å². The molecule has 1 saturated heterocycles. The summed E-state index contributed by atoms with van der Waals surface area (Å²) in [7, 11) is 0. The fourth-order valence-corrected chi connectivity index (χ4v) is 3.16. The van der Waals surface area contributed by atoms with Gasteiger partial charge in [0.1, 0.15) is 17.5 Å². The third kappa shape index (κ3) is 6.12. The molecule has 140 valence electrons. The van der Waals surface area contributed by atoms with Crippen LogP contribution in [0.1, 0.15) is 11.4 Å².